The molecule has 0 spiro atoms. The SMILES string of the molecule is CC/C=C\C/C=C\C/C=C\C/C=C\C/C=C\CCCCCCCC(=O)NC(COP(=O)([O-])OCC[N+](C)(C)C)C(/C=C\CCCCCCCCCCCCC)OC(=O)CCCCCCCCCCCCCCC. The van der Waals surface area contributed by atoms with Crippen LogP contribution in [-0.4, -0.2) is 69.4 Å². The number of unbranched alkanes of at least 4 members (excludes halogenated alkanes) is 28. The van der Waals surface area contributed by atoms with Crippen LogP contribution in [0.4, 0.5) is 0 Å². The van der Waals surface area contributed by atoms with Gasteiger partial charge in [-0.1, -0.05) is 248 Å². The van der Waals surface area contributed by atoms with Gasteiger partial charge in [-0.2, -0.15) is 0 Å². The highest BCUT2D eigenvalue weighted by atomic mass is 31.2. The lowest BCUT2D eigenvalue weighted by molar-refractivity contribution is -0.870. The van der Waals surface area contributed by atoms with Crippen LogP contribution in [0.25, 0.3) is 0 Å². The first-order valence-corrected chi connectivity index (χ1v) is 31.7. The summed E-state index contributed by atoms with van der Waals surface area (Å²) < 4.78 is 30.3. The zero-order valence-electron chi connectivity index (χ0n) is 48.3. The van der Waals surface area contributed by atoms with E-state index in [-0.39, 0.29) is 24.9 Å². The Morgan fingerprint density at radius 3 is 1.32 bits per heavy atom. The van der Waals surface area contributed by atoms with Crippen molar-refractivity contribution in [1.29, 1.82) is 0 Å². The van der Waals surface area contributed by atoms with Gasteiger partial charge in [-0.05, 0) is 76.7 Å². The van der Waals surface area contributed by atoms with Crippen LogP contribution in [0, 0.1) is 0 Å². The van der Waals surface area contributed by atoms with Crippen molar-refractivity contribution in [2.45, 2.75) is 277 Å². The number of phosphoric ester groups is 1. The van der Waals surface area contributed by atoms with Crippen molar-refractivity contribution in [3.63, 3.8) is 0 Å². The Labute approximate surface area is 451 Å². The molecule has 0 saturated carbocycles. The Hall–Kier alpha value is -2.55. The summed E-state index contributed by atoms with van der Waals surface area (Å²) in [5, 5.41) is 3.02. The van der Waals surface area contributed by atoms with Gasteiger partial charge in [-0.3, -0.25) is 14.2 Å². The number of rotatable bonds is 54. The van der Waals surface area contributed by atoms with Gasteiger partial charge in [0.15, 0.2) is 0 Å². The van der Waals surface area contributed by atoms with E-state index < -0.39 is 26.6 Å². The molecule has 0 aromatic carbocycles. The molecule has 0 aliphatic carbocycles. The van der Waals surface area contributed by atoms with Gasteiger partial charge in [0, 0.05) is 12.8 Å². The smallest absolute Gasteiger partial charge is 0.306 e. The number of nitrogens with zero attached hydrogens (tertiary/aromatic N) is 1. The van der Waals surface area contributed by atoms with Crippen molar-refractivity contribution in [1.82, 2.24) is 5.32 Å². The van der Waals surface area contributed by atoms with Gasteiger partial charge >= 0.3 is 5.97 Å². The molecule has 3 unspecified atom stereocenters. The molecule has 0 bridgehead atoms. The number of nitrogens with one attached hydrogen (secondary N) is 1. The predicted octanol–water partition coefficient (Wildman–Crippen LogP) is 17.8. The standard InChI is InChI=1S/C63H115N2O7P/c1-7-10-13-16-19-22-25-28-29-30-31-32-33-34-35-38-40-43-46-49-52-55-62(66)64-60(59-71-73(68,69)70-58-57-65(4,5)6)61(54-51-48-45-42-39-36-26-23-20-17-14-11-8-2)72-63(67)56-53-50-47-44-41-37-27-24-21-18-15-12-9-3/h10,13,19,22,28-29,31-32,34-35,51,54,60-61H,7-9,11-12,14-18,20-21,23-27,30,33,36-50,52-53,55-59H2,1-6H3,(H-,64,66,68,69)/b13-10-,22-19-,29-28-,32-31-,35-34-,54-51-. The summed E-state index contributed by atoms with van der Waals surface area (Å²) in [5.74, 6) is -0.559. The number of amides is 1. The van der Waals surface area contributed by atoms with Gasteiger partial charge in [-0.25, -0.2) is 0 Å². The minimum atomic E-state index is -4.70. The molecule has 9 nitrogen and oxygen atoms in total. The predicted molar refractivity (Wildman–Crippen MR) is 312 cm³/mol. The first-order valence-electron chi connectivity index (χ1n) is 30.2. The number of allylic oxidation sites excluding steroid dienone is 11. The van der Waals surface area contributed by atoms with Crippen LogP contribution in [0.3, 0.4) is 0 Å². The molecule has 0 fully saturated rings. The fourth-order valence-corrected chi connectivity index (χ4v) is 9.21. The molecule has 0 aliphatic heterocycles. The van der Waals surface area contributed by atoms with Crippen molar-refractivity contribution in [2.75, 3.05) is 40.9 Å². The number of carbonyl (C=O) groups excluding carboxylic acids is 2. The van der Waals surface area contributed by atoms with Crippen molar-refractivity contribution in [3.05, 3.63) is 72.9 Å². The van der Waals surface area contributed by atoms with E-state index >= 15 is 0 Å². The maximum atomic E-state index is 13.5. The highest BCUT2D eigenvalue weighted by Crippen LogP contribution is 2.38. The fraction of sp³-hybridized carbons (Fsp3) is 0.778. The largest absolute Gasteiger partial charge is 0.756 e. The average molecular weight is 1040 g/mol. The lowest BCUT2D eigenvalue weighted by Gasteiger charge is -2.30. The molecule has 424 valence electrons. The second-order valence-corrected chi connectivity index (χ2v) is 22.9. The summed E-state index contributed by atoms with van der Waals surface area (Å²) in [7, 11) is 1.17. The molecule has 0 rings (SSSR count). The summed E-state index contributed by atoms with van der Waals surface area (Å²) >= 11 is 0. The van der Waals surface area contributed by atoms with Gasteiger partial charge in [0.1, 0.15) is 19.3 Å². The number of carbonyl (C=O) groups is 2. The van der Waals surface area contributed by atoms with Crippen LogP contribution in [-0.2, 0) is 27.9 Å². The van der Waals surface area contributed by atoms with Crippen molar-refractivity contribution < 1.29 is 37.3 Å². The summed E-state index contributed by atoms with van der Waals surface area (Å²) in [6.45, 7) is 6.72. The second kappa shape index (κ2) is 52.9. The molecule has 0 heterocycles. The van der Waals surface area contributed by atoms with E-state index in [1.807, 2.05) is 33.3 Å². The average Bonchev–Trinajstić information content (AvgIpc) is 3.35. The van der Waals surface area contributed by atoms with Gasteiger partial charge < -0.3 is 28.5 Å². The van der Waals surface area contributed by atoms with Crippen molar-refractivity contribution in [3.8, 4) is 0 Å². The first kappa shape index (κ1) is 70.5. The zero-order valence-corrected chi connectivity index (χ0v) is 49.2. The number of ether oxygens (including phenoxy) is 1. The maximum absolute atomic E-state index is 13.5. The summed E-state index contributed by atoms with van der Waals surface area (Å²) in [4.78, 5) is 39.9. The Morgan fingerprint density at radius 2 is 0.877 bits per heavy atom. The van der Waals surface area contributed by atoms with E-state index in [0.29, 0.717) is 23.9 Å². The van der Waals surface area contributed by atoms with Crippen molar-refractivity contribution >= 4 is 19.7 Å². The van der Waals surface area contributed by atoms with E-state index in [9.17, 15) is 19.0 Å². The van der Waals surface area contributed by atoms with Gasteiger partial charge in [0.2, 0.25) is 5.91 Å². The molecular weight excluding hydrogens is 928 g/mol. The number of phosphoric acid groups is 1. The number of hydrogen-bond acceptors (Lipinski definition) is 7. The molecule has 73 heavy (non-hydrogen) atoms. The van der Waals surface area contributed by atoms with Gasteiger partial charge in [-0.15, -0.1) is 0 Å². The molecule has 0 aliphatic rings. The molecular formula is C63H115N2O7P. The monoisotopic (exact) mass is 1040 g/mol. The van der Waals surface area contributed by atoms with Crippen LogP contribution in [0.5, 0.6) is 0 Å². The van der Waals surface area contributed by atoms with E-state index in [0.717, 1.165) is 103 Å². The molecule has 10 heteroatoms. The maximum Gasteiger partial charge on any atom is 0.306 e. The van der Waals surface area contributed by atoms with Crippen LogP contribution in [0.1, 0.15) is 265 Å². The third kappa shape index (κ3) is 54.1. The van der Waals surface area contributed by atoms with Crippen molar-refractivity contribution in [2.24, 2.45) is 0 Å². The highest BCUT2D eigenvalue weighted by molar-refractivity contribution is 7.45. The van der Waals surface area contributed by atoms with Crippen LogP contribution in [0.2, 0.25) is 0 Å². The van der Waals surface area contributed by atoms with E-state index in [2.05, 4.69) is 86.8 Å². The summed E-state index contributed by atoms with van der Waals surface area (Å²) in [5.41, 5.74) is 0. The van der Waals surface area contributed by atoms with E-state index in [1.165, 1.54) is 122 Å². The number of quaternary nitrogens is 1. The minimum Gasteiger partial charge on any atom is -0.756 e. The van der Waals surface area contributed by atoms with Gasteiger partial charge in [0.05, 0.1) is 33.8 Å². The fourth-order valence-electron chi connectivity index (χ4n) is 8.49. The summed E-state index contributed by atoms with van der Waals surface area (Å²) in [6, 6.07) is -0.899. The minimum absolute atomic E-state index is 0.0278. The van der Waals surface area contributed by atoms with E-state index in [4.69, 9.17) is 13.8 Å². The summed E-state index contributed by atoms with van der Waals surface area (Å²) in [6.07, 6.45) is 67.2. The lowest BCUT2D eigenvalue weighted by atomic mass is 10.0. The molecule has 0 radical (unpaired) electrons. The zero-order chi connectivity index (χ0) is 53.6. The normalized spacial score (nSPS) is 14.2. The molecule has 1 N–H and O–H groups in total. The lowest BCUT2D eigenvalue weighted by Crippen LogP contribution is -2.47. The van der Waals surface area contributed by atoms with Crippen LogP contribution in [0.15, 0.2) is 72.9 Å². The number of likely N-dealkylation sites (N-methyl/N-ethyl adjacent to an activating group) is 1. The topological polar surface area (TPSA) is 114 Å². The van der Waals surface area contributed by atoms with E-state index in [1.54, 1.807) is 0 Å². The molecule has 0 aromatic heterocycles. The molecule has 3 atom stereocenters. The molecule has 0 saturated heterocycles. The first-order chi connectivity index (χ1) is 35.4. The molecule has 1 amide bonds. The Balaban J connectivity index is 5.32. The van der Waals surface area contributed by atoms with Gasteiger partial charge in [0.25, 0.3) is 7.82 Å². The third-order valence-electron chi connectivity index (χ3n) is 13.2. The van der Waals surface area contributed by atoms with Crippen LogP contribution < -0.4 is 10.2 Å². The third-order valence-corrected chi connectivity index (χ3v) is 14.1. The number of esters is 1. The molecule has 0 aromatic rings. The van der Waals surface area contributed by atoms with Crippen LogP contribution >= 0.6 is 7.82 Å². The number of hydrogen-bond donors (Lipinski definition) is 1. The Bertz CT molecular complexity index is 1480. The highest BCUT2D eigenvalue weighted by Gasteiger charge is 2.27. The second-order valence-electron chi connectivity index (χ2n) is 21.5. The Kier molecular flexibility index (Phi) is 51.0. The Morgan fingerprint density at radius 1 is 0.493 bits per heavy atom. The quantitative estimate of drug-likeness (QED) is 0.0212.